The zero-order valence-corrected chi connectivity index (χ0v) is 21.6. The van der Waals surface area contributed by atoms with Gasteiger partial charge in [0.1, 0.15) is 17.9 Å². The van der Waals surface area contributed by atoms with Gasteiger partial charge < -0.3 is 21.6 Å². The zero-order valence-electron chi connectivity index (χ0n) is 20.8. The summed E-state index contributed by atoms with van der Waals surface area (Å²) in [4.78, 5) is 16.3. The zero-order chi connectivity index (χ0) is 23.6. The molecule has 2 atom stereocenters. The summed E-state index contributed by atoms with van der Waals surface area (Å²) in [6.45, 7) is 8.18. The van der Waals surface area contributed by atoms with E-state index in [0.29, 0.717) is 5.92 Å². The van der Waals surface area contributed by atoms with E-state index in [9.17, 15) is 9.18 Å². The Labute approximate surface area is 215 Å². The van der Waals surface area contributed by atoms with Crippen LogP contribution < -0.4 is 12.4 Å². The topological polar surface area (TPSA) is 29.5 Å². The number of benzene rings is 2. The fourth-order valence-electron chi connectivity index (χ4n) is 6.47. The number of carbonyl (C=O) groups is 1. The van der Waals surface area contributed by atoms with Gasteiger partial charge in [-0.3, -0.25) is 4.90 Å². The van der Waals surface area contributed by atoms with Crippen molar-refractivity contribution in [2.24, 2.45) is 5.92 Å². The molecule has 0 spiro atoms. The maximum Gasteiger partial charge on any atom is 0.331 e. The van der Waals surface area contributed by atoms with Gasteiger partial charge in [0.15, 0.2) is 6.10 Å². The first-order chi connectivity index (χ1) is 16.5. The van der Waals surface area contributed by atoms with Crippen LogP contribution in [0, 0.1) is 11.7 Å². The summed E-state index contributed by atoms with van der Waals surface area (Å²) in [6, 6.07) is 17.1. The highest BCUT2D eigenvalue weighted by atomic mass is 35.5. The number of hydrogen-bond acceptors (Lipinski definition) is 3. The first kappa shape index (κ1) is 26.1. The predicted octanol–water partition coefficient (Wildman–Crippen LogP) is 1.93. The van der Waals surface area contributed by atoms with Gasteiger partial charge in [-0.25, -0.2) is 9.18 Å². The summed E-state index contributed by atoms with van der Waals surface area (Å²) in [6.07, 6.45) is 6.64. The number of piperidine rings is 4. The number of carbonyl (C=O) groups excluding carboxylic acids is 1. The van der Waals surface area contributed by atoms with Gasteiger partial charge in [0.25, 0.3) is 0 Å². The van der Waals surface area contributed by atoms with E-state index in [0.717, 1.165) is 81.4 Å². The third kappa shape index (κ3) is 5.42. The SMILES string of the molecule is CC(C(=O)OC1C[N+]2(CCc3ccc(F)cc3)CCC1CC2)(c1ccccc1)N1CCCCC1.[Cl-]. The Morgan fingerprint density at radius 1 is 1.03 bits per heavy atom. The van der Waals surface area contributed by atoms with E-state index in [1.165, 1.54) is 12.0 Å². The maximum absolute atomic E-state index is 13.9. The van der Waals surface area contributed by atoms with Crippen LogP contribution in [0.1, 0.15) is 50.2 Å². The van der Waals surface area contributed by atoms with E-state index >= 15 is 0 Å². The van der Waals surface area contributed by atoms with Crippen molar-refractivity contribution >= 4 is 5.97 Å². The number of nitrogens with zero attached hydrogens (tertiary/aromatic N) is 2. The lowest BCUT2D eigenvalue weighted by Crippen LogP contribution is -3.00. The Morgan fingerprint density at radius 3 is 2.34 bits per heavy atom. The van der Waals surface area contributed by atoms with Crippen LogP contribution in [0.2, 0.25) is 0 Å². The first-order valence-electron chi connectivity index (χ1n) is 13.1. The van der Waals surface area contributed by atoms with Gasteiger partial charge in [0.05, 0.1) is 19.6 Å². The Balaban J connectivity index is 0.00000289. The van der Waals surface area contributed by atoms with E-state index < -0.39 is 5.54 Å². The van der Waals surface area contributed by atoms with Gasteiger partial charge in [0, 0.05) is 25.2 Å². The molecule has 4 heterocycles. The fourth-order valence-corrected chi connectivity index (χ4v) is 6.47. The van der Waals surface area contributed by atoms with Gasteiger partial charge in [-0.15, -0.1) is 0 Å². The monoisotopic (exact) mass is 500 g/mol. The second-order valence-corrected chi connectivity index (χ2v) is 10.8. The summed E-state index contributed by atoms with van der Waals surface area (Å²) in [5.74, 6) is 0.198. The molecule has 0 saturated carbocycles. The van der Waals surface area contributed by atoms with Crippen molar-refractivity contribution in [3.63, 3.8) is 0 Å². The molecule has 4 fully saturated rings. The lowest BCUT2D eigenvalue weighted by atomic mass is 9.82. The molecule has 4 saturated heterocycles. The van der Waals surface area contributed by atoms with Crippen LogP contribution in [0.3, 0.4) is 0 Å². The van der Waals surface area contributed by atoms with Gasteiger partial charge in [-0.1, -0.05) is 48.9 Å². The largest absolute Gasteiger partial charge is 1.00 e. The third-order valence-corrected chi connectivity index (χ3v) is 8.81. The maximum atomic E-state index is 13.9. The molecule has 190 valence electrons. The lowest BCUT2D eigenvalue weighted by molar-refractivity contribution is -0.946. The molecule has 4 nitrogen and oxygen atoms in total. The van der Waals surface area contributed by atoms with Crippen molar-refractivity contribution in [1.82, 2.24) is 4.90 Å². The molecule has 4 aliphatic heterocycles. The molecule has 6 heteroatoms. The fraction of sp³-hybridized carbons (Fsp3) is 0.552. The van der Waals surface area contributed by atoms with Crippen molar-refractivity contribution in [3.8, 4) is 0 Å². The molecule has 0 N–H and O–H groups in total. The molecule has 0 radical (unpaired) electrons. The molecular weight excluding hydrogens is 463 g/mol. The van der Waals surface area contributed by atoms with Gasteiger partial charge in [-0.2, -0.15) is 0 Å². The second-order valence-electron chi connectivity index (χ2n) is 10.8. The molecule has 4 aliphatic rings. The molecule has 35 heavy (non-hydrogen) atoms. The van der Waals surface area contributed by atoms with E-state index in [1.54, 1.807) is 12.1 Å². The van der Waals surface area contributed by atoms with Crippen molar-refractivity contribution in [2.75, 3.05) is 39.3 Å². The van der Waals surface area contributed by atoms with Crippen LogP contribution in [0.15, 0.2) is 54.6 Å². The molecule has 0 aliphatic carbocycles. The summed E-state index contributed by atoms with van der Waals surface area (Å²) >= 11 is 0. The highest BCUT2D eigenvalue weighted by Gasteiger charge is 2.50. The number of ether oxygens (including phenoxy) is 1. The number of halogens is 2. The lowest BCUT2D eigenvalue weighted by Gasteiger charge is -2.53. The van der Waals surface area contributed by atoms with Crippen molar-refractivity contribution < 1.29 is 30.8 Å². The van der Waals surface area contributed by atoms with E-state index in [1.807, 2.05) is 30.3 Å². The minimum Gasteiger partial charge on any atom is -1.00 e. The average molecular weight is 501 g/mol. The van der Waals surface area contributed by atoms with E-state index in [-0.39, 0.29) is 30.3 Å². The number of hydrogen-bond donors (Lipinski definition) is 0. The van der Waals surface area contributed by atoms with Crippen molar-refractivity contribution in [3.05, 3.63) is 71.5 Å². The van der Waals surface area contributed by atoms with Crippen LogP contribution in [0.25, 0.3) is 0 Å². The molecule has 2 unspecified atom stereocenters. The van der Waals surface area contributed by atoms with Crippen LogP contribution in [-0.2, 0) is 21.5 Å². The van der Waals surface area contributed by atoms with Crippen molar-refractivity contribution in [2.45, 2.75) is 57.1 Å². The number of esters is 1. The molecule has 2 bridgehead atoms. The number of likely N-dealkylation sites (tertiary alicyclic amines) is 1. The molecular formula is C29H38ClFN2O2. The molecule has 0 aromatic heterocycles. The minimum absolute atomic E-state index is 0. The molecule has 6 rings (SSSR count). The highest BCUT2D eigenvalue weighted by Crippen LogP contribution is 2.39. The van der Waals surface area contributed by atoms with Gasteiger partial charge >= 0.3 is 5.97 Å². The highest BCUT2D eigenvalue weighted by molar-refractivity contribution is 5.82. The number of quaternary nitrogens is 1. The normalized spacial score (nSPS) is 28.1. The molecule has 0 amide bonds. The smallest absolute Gasteiger partial charge is 0.331 e. The Kier molecular flexibility index (Phi) is 8.19. The Morgan fingerprint density at radius 2 is 1.69 bits per heavy atom. The quantitative estimate of drug-likeness (QED) is 0.430. The van der Waals surface area contributed by atoms with E-state index in [2.05, 4.69) is 24.0 Å². The molecule has 2 aromatic carbocycles. The van der Waals surface area contributed by atoms with Crippen LogP contribution >= 0.6 is 0 Å². The van der Waals surface area contributed by atoms with Gasteiger partial charge in [-0.05, 0) is 56.1 Å². The summed E-state index contributed by atoms with van der Waals surface area (Å²) < 4.78 is 20.8. The Hall–Kier alpha value is -1.95. The number of fused-ring (bicyclic) bond motifs is 3. The minimum atomic E-state index is -0.743. The first-order valence-corrected chi connectivity index (χ1v) is 13.1. The van der Waals surface area contributed by atoms with Crippen molar-refractivity contribution in [1.29, 1.82) is 0 Å². The van der Waals surface area contributed by atoms with Crippen LogP contribution in [0.5, 0.6) is 0 Å². The second kappa shape index (κ2) is 11.0. The Bertz CT molecular complexity index is 972. The average Bonchev–Trinajstić information content (AvgIpc) is 2.89. The van der Waals surface area contributed by atoms with Crippen LogP contribution in [-0.4, -0.2) is 60.7 Å². The molecule has 2 aromatic rings. The predicted molar refractivity (Wildman–Crippen MR) is 132 cm³/mol. The summed E-state index contributed by atoms with van der Waals surface area (Å²) in [5, 5.41) is 0. The van der Waals surface area contributed by atoms with E-state index in [4.69, 9.17) is 4.74 Å². The standard InChI is InChI=1S/C29H38FN2O2.ClH/c1-29(25-8-4-2-5-9-25,31-17-6-3-7-18-31)28(33)34-27-22-32(20-15-24(27)16-21-32)19-14-23-10-12-26(30)13-11-23;/h2,4-5,8-13,24,27H,3,6-7,14-22H2,1H3;1H/q+1;/p-1. The third-order valence-electron chi connectivity index (χ3n) is 8.81. The summed E-state index contributed by atoms with van der Waals surface area (Å²) in [5.41, 5.74) is 1.47. The van der Waals surface area contributed by atoms with Crippen LogP contribution in [0.4, 0.5) is 4.39 Å². The van der Waals surface area contributed by atoms with Gasteiger partial charge in [0.2, 0.25) is 0 Å². The summed E-state index contributed by atoms with van der Waals surface area (Å²) in [7, 11) is 0. The number of rotatable bonds is 7.